The molecule has 0 aliphatic rings. The fourth-order valence-electron chi connectivity index (χ4n) is 2.39. The summed E-state index contributed by atoms with van der Waals surface area (Å²) in [7, 11) is 0. The van der Waals surface area contributed by atoms with E-state index in [1.807, 2.05) is 36.5 Å². The average molecular weight is 352 g/mol. The van der Waals surface area contributed by atoms with E-state index in [0.29, 0.717) is 12.0 Å². The highest BCUT2D eigenvalue weighted by Gasteiger charge is 1.99. The normalized spacial score (nSPS) is 11.6. The zero-order chi connectivity index (χ0) is 17.6. The lowest BCUT2D eigenvalue weighted by atomic mass is 10.2. The highest BCUT2D eigenvalue weighted by atomic mass is 32.1. The molecule has 0 aliphatic heterocycles. The molecule has 1 N–H and O–H groups in total. The predicted octanol–water partition coefficient (Wildman–Crippen LogP) is 2.25. The van der Waals surface area contributed by atoms with Gasteiger partial charge in [-0.3, -0.25) is 9.78 Å². The van der Waals surface area contributed by atoms with Crippen LogP contribution >= 0.6 is 11.3 Å². The molecule has 25 heavy (non-hydrogen) atoms. The number of rotatable bonds is 6. The Bertz CT molecular complexity index is 986. The van der Waals surface area contributed by atoms with Crippen LogP contribution in [0.2, 0.25) is 0 Å². The molecule has 0 atom stereocenters. The molecule has 0 saturated heterocycles. The third kappa shape index (κ3) is 4.67. The largest absolute Gasteiger partial charge is 0.493 e. The number of aryl methyl sites for hydroxylation is 1. The van der Waals surface area contributed by atoms with Gasteiger partial charge in [0.25, 0.3) is 0 Å². The highest BCUT2D eigenvalue weighted by molar-refractivity contribution is 7.07. The van der Waals surface area contributed by atoms with Crippen LogP contribution in [0.15, 0.2) is 47.4 Å². The summed E-state index contributed by atoms with van der Waals surface area (Å²) in [5.41, 5.74) is 3.28. The summed E-state index contributed by atoms with van der Waals surface area (Å²) in [6.45, 7) is 6.54. The lowest BCUT2D eigenvalue weighted by molar-refractivity contribution is 0.320. The van der Waals surface area contributed by atoms with E-state index in [2.05, 4.69) is 35.6 Å². The minimum absolute atomic E-state index is 0.0863. The minimum atomic E-state index is -0.0863. The van der Waals surface area contributed by atoms with Gasteiger partial charge in [0.15, 0.2) is 0 Å². The number of nitrogens with one attached hydrogen (secondary N) is 1. The van der Waals surface area contributed by atoms with Crippen LogP contribution in [0.3, 0.4) is 0 Å². The average Bonchev–Trinajstić information content (AvgIpc) is 2.94. The van der Waals surface area contributed by atoms with Crippen molar-refractivity contribution < 1.29 is 4.74 Å². The Morgan fingerprint density at radius 3 is 2.64 bits per heavy atom. The van der Waals surface area contributed by atoms with Crippen LogP contribution in [-0.4, -0.2) is 16.6 Å². The molecular weight excluding hydrogens is 332 g/mol. The molecule has 0 amide bonds. The Morgan fingerprint density at radius 1 is 1.24 bits per heavy atom. The SMILES string of the molecule is C=c1[nH]c(=O)sc1=Cc1ccc(OCCc2ccc(CC)cn2)cc1. The molecule has 0 unspecified atom stereocenters. The lowest BCUT2D eigenvalue weighted by Gasteiger charge is -2.06. The first-order valence-electron chi connectivity index (χ1n) is 8.20. The number of nitrogens with zero attached hydrogens (tertiary/aromatic N) is 1. The third-order valence-electron chi connectivity index (χ3n) is 3.85. The maximum atomic E-state index is 11.3. The molecule has 0 saturated carbocycles. The third-order valence-corrected chi connectivity index (χ3v) is 4.72. The van der Waals surface area contributed by atoms with E-state index < -0.39 is 0 Å². The molecule has 0 bridgehead atoms. The van der Waals surface area contributed by atoms with Gasteiger partial charge in [-0.25, -0.2) is 0 Å². The molecule has 5 heteroatoms. The van der Waals surface area contributed by atoms with Crippen molar-refractivity contribution in [3.05, 3.63) is 79.0 Å². The fraction of sp³-hybridized carbons (Fsp3) is 0.200. The molecule has 4 nitrogen and oxygen atoms in total. The van der Waals surface area contributed by atoms with Crippen LogP contribution in [0.1, 0.15) is 23.7 Å². The van der Waals surface area contributed by atoms with Crippen molar-refractivity contribution in [3.8, 4) is 5.75 Å². The first-order valence-corrected chi connectivity index (χ1v) is 9.02. The quantitative estimate of drug-likeness (QED) is 0.740. The van der Waals surface area contributed by atoms with Crippen molar-refractivity contribution in [2.75, 3.05) is 6.61 Å². The smallest absolute Gasteiger partial charge is 0.305 e. The Hall–Kier alpha value is -2.66. The van der Waals surface area contributed by atoms with E-state index in [0.717, 1.165) is 45.7 Å². The van der Waals surface area contributed by atoms with Crippen LogP contribution in [0, 0.1) is 0 Å². The molecule has 0 aliphatic carbocycles. The van der Waals surface area contributed by atoms with Crippen LogP contribution in [0.25, 0.3) is 12.7 Å². The number of aromatic nitrogens is 2. The lowest BCUT2D eigenvalue weighted by Crippen LogP contribution is -2.19. The summed E-state index contributed by atoms with van der Waals surface area (Å²) in [4.78, 5) is 18.3. The van der Waals surface area contributed by atoms with Crippen molar-refractivity contribution in [2.45, 2.75) is 19.8 Å². The summed E-state index contributed by atoms with van der Waals surface area (Å²) in [5.74, 6) is 0.819. The molecule has 3 aromatic rings. The number of aromatic amines is 1. The number of hydrogen-bond acceptors (Lipinski definition) is 4. The van der Waals surface area contributed by atoms with Gasteiger partial charge in [-0.15, -0.1) is 0 Å². The van der Waals surface area contributed by atoms with Gasteiger partial charge in [0.05, 0.1) is 16.5 Å². The number of benzene rings is 1. The topological polar surface area (TPSA) is 55.0 Å². The molecule has 0 fully saturated rings. The van der Waals surface area contributed by atoms with E-state index in [1.54, 1.807) is 0 Å². The summed E-state index contributed by atoms with van der Waals surface area (Å²) >= 11 is 1.16. The maximum absolute atomic E-state index is 11.3. The van der Waals surface area contributed by atoms with Gasteiger partial charge in [0.2, 0.25) is 0 Å². The first-order chi connectivity index (χ1) is 12.1. The van der Waals surface area contributed by atoms with E-state index in [-0.39, 0.29) is 4.87 Å². The zero-order valence-corrected chi connectivity index (χ0v) is 14.9. The summed E-state index contributed by atoms with van der Waals surface area (Å²) in [5, 5.41) is 0.650. The molecule has 2 aromatic heterocycles. The maximum Gasteiger partial charge on any atom is 0.305 e. The second kappa shape index (κ2) is 7.94. The number of pyridine rings is 1. The van der Waals surface area contributed by atoms with Crippen molar-refractivity contribution in [3.63, 3.8) is 0 Å². The number of thiazole rings is 1. The molecule has 2 heterocycles. The standard InChI is InChI=1S/C20H20N2O2S/c1-3-15-4-7-17(21-13-15)10-11-24-18-8-5-16(6-9-18)12-19-14(2)22-20(23)25-19/h4-9,12-13H,2-3,10-11H2,1H3,(H,22,23). The number of ether oxygens (including phenoxy) is 1. The number of hydrogen-bond donors (Lipinski definition) is 1. The number of H-pyrrole nitrogens is 1. The fourth-order valence-corrected chi connectivity index (χ4v) is 3.13. The van der Waals surface area contributed by atoms with Crippen molar-refractivity contribution in [1.82, 2.24) is 9.97 Å². The van der Waals surface area contributed by atoms with E-state index in [9.17, 15) is 4.79 Å². The van der Waals surface area contributed by atoms with Gasteiger partial charge in [0, 0.05) is 18.3 Å². The molecule has 1 aromatic carbocycles. The minimum Gasteiger partial charge on any atom is -0.493 e. The van der Waals surface area contributed by atoms with Crippen LogP contribution in [0.4, 0.5) is 0 Å². The van der Waals surface area contributed by atoms with E-state index >= 15 is 0 Å². The van der Waals surface area contributed by atoms with Gasteiger partial charge < -0.3 is 9.72 Å². The van der Waals surface area contributed by atoms with Gasteiger partial charge in [-0.05, 0) is 41.8 Å². The summed E-state index contributed by atoms with van der Waals surface area (Å²) < 4.78 is 6.63. The van der Waals surface area contributed by atoms with Gasteiger partial charge in [-0.1, -0.05) is 43.0 Å². The highest BCUT2D eigenvalue weighted by Crippen LogP contribution is 2.13. The second-order valence-electron chi connectivity index (χ2n) is 5.68. The van der Waals surface area contributed by atoms with Crippen LogP contribution in [-0.2, 0) is 12.8 Å². The van der Waals surface area contributed by atoms with Crippen molar-refractivity contribution in [1.29, 1.82) is 0 Å². The monoisotopic (exact) mass is 352 g/mol. The van der Waals surface area contributed by atoms with Crippen molar-refractivity contribution >= 4 is 24.0 Å². The van der Waals surface area contributed by atoms with E-state index in [4.69, 9.17) is 4.74 Å². The van der Waals surface area contributed by atoms with Gasteiger partial charge in [-0.2, -0.15) is 0 Å². The molecule has 128 valence electrons. The molecule has 0 radical (unpaired) electrons. The Kier molecular flexibility index (Phi) is 5.46. The van der Waals surface area contributed by atoms with Crippen LogP contribution in [0.5, 0.6) is 5.75 Å². The molecular formula is C20H20N2O2S. The predicted molar refractivity (Wildman–Crippen MR) is 103 cm³/mol. The second-order valence-corrected chi connectivity index (χ2v) is 6.70. The van der Waals surface area contributed by atoms with E-state index in [1.165, 1.54) is 5.56 Å². The summed E-state index contributed by atoms with van der Waals surface area (Å²) in [6, 6.07) is 12.0. The molecule has 0 spiro atoms. The zero-order valence-electron chi connectivity index (χ0n) is 14.1. The Balaban J connectivity index is 1.59. The Labute approximate surface area is 150 Å². The van der Waals surface area contributed by atoms with Crippen molar-refractivity contribution in [2.24, 2.45) is 0 Å². The Morgan fingerprint density at radius 2 is 2.04 bits per heavy atom. The van der Waals surface area contributed by atoms with Crippen LogP contribution < -0.4 is 19.5 Å². The first kappa shape index (κ1) is 17.2. The molecule has 3 rings (SSSR count). The van der Waals surface area contributed by atoms with Gasteiger partial charge in [0.1, 0.15) is 5.75 Å². The van der Waals surface area contributed by atoms with Gasteiger partial charge >= 0.3 is 4.87 Å². The summed E-state index contributed by atoms with van der Waals surface area (Å²) in [6.07, 6.45) is 5.64.